The number of fused-ring (bicyclic) bond motifs is 1. The Balaban J connectivity index is 1.73. The largest absolute Gasteiger partial charge is 0.480 e. The molecule has 0 unspecified atom stereocenters. The van der Waals surface area contributed by atoms with Gasteiger partial charge in [-0.1, -0.05) is 48.5 Å². The van der Waals surface area contributed by atoms with Crippen molar-refractivity contribution in [2.24, 2.45) is 0 Å². The first-order valence-electron chi connectivity index (χ1n) is 9.91. The smallest absolute Gasteiger partial charge is 0.325 e. The number of aromatic amines is 1. The van der Waals surface area contributed by atoms with Gasteiger partial charge < -0.3 is 10.1 Å². The van der Waals surface area contributed by atoms with Crippen LogP contribution in [0, 0.1) is 11.3 Å². The number of H-pyrrole nitrogens is 1. The Hall–Kier alpha value is -3.14. The highest BCUT2D eigenvalue weighted by molar-refractivity contribution is 5.95. The van der Waals surface area contributed by atoms with Gasteiger partial charge in [0.2, 0.25) is 0 Å². The van der Waals surface area contributed by atoms with Gasteiger partial charge in [-0.15, -0.1) is 0 Å². The summed E-state index contributed by atoms with van der Waals surface area (Å²) in [6.45, 7) is 3.61. The van der Waals surface area contributed by atoms with Crippen molar-refractivity contribution in [2.75, 3.05) is 32.7 Å². The number of piperazine rings is 1. The lowest BCUT2D eigenvalue weighted by molar-refractivity contribution is -0.144. The Kier molecular flexibility index (Phi) is 5.61. The van der Waals surface area contributed by atoms with Crippen molar-refractivity contribution in [3.05, 3.63) is 60.2 Å². The Morgan fingerprint density at radius 2 is 1.76 bits per heavy atom. The van der Waals surface area contributed by atoms with Crippen LogP contribution < -0.4 is 0 Å². The van der Waals surface area contributed by atoms with Crippen LogP contribution in [0.1, 0.15) is 18.0 Å². The number of hydrogen-bond donors (Lipinski definition) is 2. The Bertz CT molecular complexity index is 1030. The normalized spacial score (nSPS) is 16.5. The summed E-state index contributed by atoms with van der Waals surface area (Å²) in [5.41, 5.74) is 3.62. The summed E-state index contributed by atoms with van der Waals surface area (Å²) in [6.07, 6.45) is 0.503. The van der Waals surface area contributed by atoms with Crippen molar-refractivity contribution in [1.82, 2.24) is 14.8 Å². The van der Waals surface area contributed by atoms with E-state index in [0.29, 0.717) is 19.5 Å². The number of nitrogens with zero attached hydrogens (tertiary/aromatic N) is 3. The zero-order valence-electron chi connectivity index (χ0n) is 16.2. The molecule has 6 nitrogen and oxygen atoms in total. The summed E-state index contributed by atoms with van der Waals surface area (Å²) in [7, 11) is 0. The molecule has 1 aromatic heterocycles. The van der Waals surface area contributed by atoms with E-state index in [1.54, 1.807) is 0 Å². The molecule has 1 aliphatic heterocycles. The lowest BCUT2D eigenvalue weighted by Gasteiger charge is -2.37. The van der Waals surface area contributed by atoms with E-state index in [1.165, 1.54) is 0 Å². The summed E-state index contributed by atoms with van der Waals surface area (Å²) in [5, 5.41) is 20.0. The molecule has 1 aliphatic rings. The number of hydrogen-bond acceptors (Lipinski definition) is 4. The van der Waals surface area contributed by atoms with Gasteiger partial charge in [0.1, 0.15) is 6.04 Å². The molecule has 0 bridgehead atoms. The Morgan fingerprint density at radius 1 is 1.07 bits per heavy atom. The molecule has 0 saturated carbocycles. The van der Waals surface area contributed by atoms with E-state index in [1.807, 2.05) is 59.5 Å². The van der Waals surface area contributed by atoms with Gasteiger partial charge in [0.05, 0.1) is 11.8 Å². The van der Waals surface area contributed by atoms with Crippen molar-refractivity contribution in [1.29, 1.82) is 5.26 Å². The van der Waals surface area contributed by atoms with Crippen molar-refractivity contribution in [3.8, 4) is 17.3 Å². The number of aliphatic carboxylic acids is 1. The van der Waals surface area contributed by atoms with Crippen LogP contribution in [0.15, 0.2) is 54.6 Å². The van der Waals surface area contributed by atoms with E-state index in [-0.39, 0.29) is 0 Å². The summed E-state index contributed by atoms with van der Waals surface area (Å²) in [5.74, 6) is -0.836. The highest BCUT2D eigenvalue weighted by Crippen LogP contribution is 2.37. The van der Waals surface area contributed by atoms with E-state index in [4.69, 9.17) is 5.26 Å². The van der Waals surface area contributed by atoms with E-state index in [2.05, 4.69) is 16.0 Å². The molecule has 0 radical (unpaired) electrons. The average molecular weight is 388 g/mol. The summed E-state index contributed by atoms with van der Waals surface area (Å²) in [6, 6.07) is 19.3. The molecule has 2 N–H and O–H groups in total. The number of nitrogens with one attached hydrogen (secondary N) is 1. The third-order valence-corrected chi connectivity index (χ3v) is 5.63. The highest BCUT2D eigenvalue weighted by Gasteiger charge is 2.34. The number of carboxylic acid groups (broad SMARTS) is 1. The first-order chi connectivity index (χ1) is 14.2. The van der Waals surface area contributed by atoms with Gasteiger partial charge in [0.25, 0.3) is 0 Å². The van der Waals surface area contributed by atoms with Gasteiger partial charge in [0, 0.05) is 55.6 Å². The monoisotopic (exact) mass is 388 g/mol. The quantitative estimate of drug-likeness (QED) is 0.675. The first kappa shape index (κ1) is 19.2. The molecular weight excluding hydrogens is 364 g/mol. The van der Waals surface area contributed by atoms with Crippen LogP contribution in [0.25, 0.3) is 22.2 Å². The second kappa shape index (κ2) is 8.48. The van der Waals surface area contributed by atoms with Crippen molar-refractivity contribution in [3.63, 3.8) is 0 Å². The second-order valence-corrected chi connectivity index (χ2v) is 7.35. The van der Waals surface area contributed by atoms with Crippen molar-refractivity contribution in [2.45, 2.75) is 12.5 Å². The number of nitriles is 1. The predicted octanol–water partition coefficient (Wildman–Crippen LogP) is 3.49. The van der Waals surface area contributed by atoms with Gasteiger partial charge in [-0.05, 0) is 11.6 Å². The summed E-state index contributed by atoms with van der Waals surface area (Å²) in [4.78, 5) is 20.2. The fourth-order valence-corrected chi connectivity index (χ4v) is 4.20. The molecule has 2 aromatic carbocycles. The molecule has 2 heterocycles. The van der Waals surface area contributed by atoms with Crippen molar-refractivity contribution < 1.29 is 9.90 Å². The van der Waals surface area contributed by atoms with Crippen LogP contribution in [0.2, 0.25) is 0 Å². The van der Waals surface area contributed by atoms with Gasteiger partial charge in [-0.25, -0.2) is 0 Å². The Morgan fingerprint density at radius 3 is 2.45 bits per heavy atom. The predicted molar refractivity (Wildman–Crippen MR) is 112 cm³/mol. The Labute approximate surface area is 170 Å². The molecule has 6 heteroatoms. The molecule has 0 aliphatic carbocycles. The van der Waals surface area contributed by atoms with Crippen molar-refractivity contribution >= 4 is 16.9 Å². The maximum atomic E-state index is 12.5. The fraction of sp³-hybridized carbons (Fsp3) is 0.304. The van der Waals surface area contributed by atoms with E-state index >= 15 is 0 Å². The van der Waals surface area contributed by atoms with E-state index in [9.17, 15) is 9.90 Å². The zero-order valence-corrected chi connectivity index (χ0v) is 16.2. The van der Waals surface area contributed by atoms with Gasteiger partial charge in [-0.2, -0.15) is 5.26 Å². The first-order valence-corrected chi connectivity index (χ1v) is 9.91. The number of benzene rings is 2. The topological polar surface area (TPSA) is 83.4 Å². The minimum Gasteiger partial charge on any atom is -0.480 e. The third kappa shape index (κ3) is 3.88. The number of carboxylic acids is 1. The molecular formula is C23H24N4O2. The standard InChI is InChI=1S/C23H24N4O2/c24-11-6-12-26-13-15-27(16-14-26)22(23(28)29)20-18-9-4-5-10-19(18)25-21(20)17-7-2-1-3-8-17/h1-5,7-10,22,25H,6,12-16H2,(H,28,29)/t22-/m1/s1. The van der Waals surface area contributed by atoms with Crippen LogP contribution in [0.3, 0.4) is 0 Å². The molecule has 0 amide bonds. The average Bonchev–Trinajstić information content (AvgIpc) is 3.13. The second-order valence-electron chi connectivity index (χ2n) is 7.35. The summed E-state index contributed by atoms with van der Waals surface area (Å²) >= 11 is 0. The maximum Gasteiger partial charge on any atom is 0.325 e. The maximum absolute atomic E-state index is 12.5. The number of para-hydroxylation sites is 1. The van der Waals surface area contributed by atoms with Gasteiger partial charge in [0.15, 0.2) is 0 Å². The third-order valence-electron chi connectivity index (χ3n) is 5.63. The van der Waals surface area contributed by atoms with E-state index in [0.717, 1.165) is 47.4 Å². The van der Waals surface area contributed by atoms with Crippen LogP contribution in [-0.2, 0) is 4.79 Å². The minimum absolute atomic E-state index is 0.503. The lowest BCUT2D eigenvalue weighted by Crippen LogP contribution is -2.49. The molecule has 1 atom stereocenters. The van der Waals surface area contributed by atoms with E-state index < -0.39 is 12.0 Å². The number of aromatic nitrogens is 1. The molecule has 4 rings (SSSR count). The molecule has 29 heavy (non-hydrogen) atoms. The lowest BCUT2D eigenvalue weighted by atomic mass is 9.97. The highest BCUT2D eigenvalue weighted by atomic mass is 16.4. The fourth-order valence-electron chi connectivity index (χ4n) is 4.20. The molecule has 3 aromatic rings. The van der Waals surface area contributed by atoms with Gasteiger partial charge in [-0.3, -0.25) is 14.6 Å². The van der Waals surface area contributed by atoms with Gasteiger partial charge >= 0.3 is 5.97 Å². The summed E-state index contributed by atoms with van der Waals surface area (Å²) < 4.78 is 0. The van der Waals surface area contributed by atoms with Crippen LogP contribution in [0.4, 0.5) is 0 Å². The van der Waals surface area contributed by atoms with Crippen LogP contribution in [-0.4, -0.2) is 58.6 Å². The molecule has 1 fully saturated rings. The van der Waals surface area contributed by atoms with Crippen LogP contribution in [0.5, 0.6) is 0 Å². The zero-order chi connectivity index (χ0) is 20.2. The van der Waals surface area contributed by atoms with Crippen LogP contribution >= 0.6 is 0 Å². The number of rotatable bonds is 6. The number of carbonyl (C=O) groups is 1. The molecule has 1 saturated heterocycles. The minimum atomic E-state index is -0.836. The molecule has 148 valence electrons. The molecule has 0 spiro atoms. The SMILES string of the molecule is N#CCCN1CCN([C@@H](C(=O)O)c2c(-c3ccccc3)[nH]c3ccccc23)CC1.